The minimum absolute atomic E-state index is 0.361. The van der Waals surface area contributed by atoms with E-state index >= 15 is 0 Å². The molecular weight excluding hydrogens is 409 g/mol. The molecule has 8 nitrogen and oxygen atoms in total. The van der Waals surface area contributed by atoms with Crippen molar-refractivity contribution in [2.75, 3.05) is 38.6 Å². The molecule has 1 aliphatic rings. The average molecular weight is 433 g/mol. The van der Waals surface area contributed by atoms with Crippen molar-refractivity contribution >= 4 is 22.8 Å². The molecule has 0 aliphatic carbocycles. The van der Waals surface area contributed by atoms with E-state index in [1.165, 1.54) is 12.7 Å². The number of hydrogen-bond acceptors (Lipinski definition) is 7. The smallest absolute Gasteiger partial charge is 0.213 e. The Balaban J connectivity index is 1.36. The fourth-order valence-corrected chi connectivity index (χ4v) is 3.88. The quantitative estimate of drug-likeness (QED) is 0.430. The van der Waals surface area contributed by atoms with Gasteiger partial charge < -0.3 is 20.4 Å². The molecule has 0 radical (unpaired) electrons. The summed E-state index contributed by atoms with van der Waals surface area (Å²) >= 11 is 0. The van der Waals surface area contributed by atoms with E-state index in [1.807, 2.05) is 30.3 Å². The molecule has 1 aliphatic heterocycles. The molecule has 0 saturated carbocycles. The van der Waals surface area contributed by atoms with Crippen LogP contribution in [0.4, 0.5) is 16.2 Å². The van der Waals surface area contributed by atoms with Crippen LogP contribution in [-0.2, 0) is 6.54 Å². The second-order valence-corrected chi connectivity index (χ2v) is 7.72. The van der Waals surface area contributed by atoms with Gasteiger partial charge in [0.25, 0.3) is 0 Å². The summed E-state index contributed by atoms with van der Waals surface area (Å²) in [7, 11) is 1.51. The van der Waals surface area contributed by atoms with Crippen molar-refractivity contribution in [2.24, 2.45) is 0 Å². The topological polar surface area (TPSA) is 91.0 Å². The molecule has 9 heteroatoms. The molecule has 5 rings (SSSR count). The largest absolute Gasteiger partial charge is 0.481 e. The summed E-state index contributed by atoms with van der Waals surface area (Å²) in [6, 6.07) is 11.2. The second-order valence-electron chi connectivity index (χ2n) is 7.72. The lowest BCUT2D eigenvalue weighted by atomic mass is 10.1. The zero-order valence-corrected chi connectivity index (χ0v) is 17.7. The number of nitrogens with zero attached hydrogens (tertiary/aromatic N) is 4. The van der Waals surface area contributed by atoms with Crippen LogP contribution in [0.2, 0.25) is 0 Å². The Hall–Kier alpha value is -3.56. The number of pyridine rings is 2. The van der Waals surface area contributed by atoms with Crippen molar-refractivity contribution in [1.29, 1.82) is 0 Å². The minimum atomic E-state index is -0.409. The average Bonchev–Trinajstić information content (AvgIpc) is 3.22. The first kappa shape index (κ1) is 20.3. The van der Waals surface area contributed by atoms with Crippen molar-refractivity contribution in [3.8, 4) is 17.0 Å². The van der Waals surface area contributed by atoms with E-state index in [-0.39, 0.29) is 0 Å². The van der Waals surface area contributed by atoms with Gasteiger partial charge in [0, 0.05) is 50.6 Å². The lowest BCUT2D eigenvalue weighted by Crippen LogP contribution is -2.42. The number of rotatable bonds is 6. The van der Waals surface area contributed by atoms with Crippen LogP contribution in [0.5, 0.6) is 5.88 Å². The number of fused-ring (bicyclic) bond motifs is 1. The van der Waals surface area contributed by atoms with Gasteiger partial charge in [-0.2, -0.15) is 0 Å². The first-order valence-electron chi connectivity index (χ1n) is 10.5. The molecule has 1 fully saturated rings. The number of halogens is 1. The second kappa shape index (κ2) is 8.89. The van der Waals surface area contributed by atoms with Crippen LogP contribution in [-0.4, -0.2) is 58.1 Å². The van der Waals surface area contributed by atoms with Crippen LogP contribution in [0.1, 0.15) is 5.56 Å². The highest BCUT2D eigenvalue weighted by molar-refractivity contribution is 5.84. The Bertz CT molecular complexity index is 1240. The number of anilines is 2. The van der Waals surface area contributed by atoms with E-state index in [0.717, 1.165) is 55.8 Å². The number of benzene rings is 1. The molecule has 0 amide bonds. The maximum Gasteiger partial charge on any atom is 0.213 e. The summed E-state index contributed by atoms with van der Waals surface area (Å²) in [6.07, 6.45) is 2.97. The molecule has 4 aromatic rings. The van der Waals surface area contributed by atoms with Crippen LogP contribution < -0.4 is 15.4 Å². The van der Waals surface area contributed by atoms with Crippen LogP contribution >= 0.6 is 0 Å². The summed E-state index contributed by atoms with van der Waals surface area (Å²) in [5, 5.41) is 6.62. The number of hydrogen-bond donors (Lipinski definition) is 3. The highest BCUT2D eigenvalue weighted by atomic mass is 19.1. The van der Waals surface area contributed by atoms with E-state index in [0.29, 0.717) is 23.0 Å². The van der Waals surface area contributed by atoms with E-state index in [2.05, 4.69) is 35.5 Å². The number of H-pyrrole nitrogens is 1. The Kier molecular flexibility index (Phi) is 5.66. The molecule has 164 valence electrons. The lowest BCUT2D eigenvalue weighted by Gasteiger charge is -2.27. The summed E-state index contributed by atoms with van der Waals surface area (Å²) in [5.74, 6) is 1.26. The molecule has 32 heavy (non-hydrogen) atoms. The molecule has 0 atom stereocenters. The van der Waals surface area contributed by atoms with Crippen molar-refractivity contribution in [1.82, 2.24) is 30.2 Å². The molecule has 0 unspecified atom stereocenters. The maximum atomic E-state index is 14.3. The van der Waals surface area contributed by atoms with E-state index < -0.39 is 5.82 Å². The first-order valence-corrected chi connectivity index (χ1v) is 10.5. The molecule has 0 spiro atoms. The van der Waals surface area contributed by atoms with Gasteiger partial charge in [-0.3, -0.25) is 4.90 Å². The Morgan fingerprint density at radius 2 is 2.00 bits per heavy atom. The minimum Gasteiger partial charge on any atom is -0.481 e. The van der Waals surface area contributed by atoms with Gasteiger partial charge in [0.2, 0.25) is 11.8 Å². The number of ether oxygens (including phenoxy) is 1. The van der Waals surface area contributed by atoms with Gasteiger partial charge in [-0.05, 0) is 35.4 Å². The highest BCUT2D eigenvalue weighted by Crippen LogP contribution is 2.28. The normalized spacial score (nSPS) is 14.6. The number of nitrogens with one attached hydrogen (secondary N) is 3. The molecule has 0 bridgehead atoms. The summed E-state index contributed by atoms with van der Waals surface area (Å²) < 4.78 is 19.4. The third-order valence-electron chi connectivity index (χ3n) is 5.52. The summed E-state index contributed by atoms with van der Waals surface area (Å²) in [5.41, 5.74) is 3.89. The number of methoxy groups -OCH3 is 1. The first-order chi connectivity index (χ1) is 15.7. The third-order valence-corrected chi connectivity index (χ3v) is 5.52. The van der Waals surface area contributed by atoms with Crippen molar-refractivity contribution in [2.45, 2.75) is 6.54 Å². The molecular formula is C23H24FN7O. The van der Waals surface area contributed by atoms with Crippen molar-refractivity contribution in [3.63, 3.8) is 0 Å². The van der Waals surface area contributed by atoms with E-state index in [4.69, 9.17) is 4.74 Å². The van der Waals surface area contributed by atoms with Gasteiger partial charge in [0.15, 0.2) is 0 Å². The summed E-state index contributed by atoms with van der Waals surface area (Å²) in [4.78, 5) is 18.6. The standard InChI is InChI=1S/C23H24FN7O/c1-32-22-12-17(18(24)13-27-22)16-2-3-19-20(11-16)29-23(28-19)30-21-10-15(4-5-26-21)14-31-8-6-25-7-9-31/h2-5,10-13,25H,6-9,14H2,1H3,(H2,26,28,29,30). The SMILES string of the molecule is COc1cc(-c2ccc3nc(Nc4cc(CN5CCNCC5)ccn4)[nH]c3c2)c(F)cn1. The van der Waals surface area contributed by atoms with Crippen LogP contribution in [0.3, 0.4) is 0 Å². The van der Waals surface area contributed by atoms with Gasteiger partial charge in [0.05, 0.1) is 24.3 Å². The highest BCUT2D eigenvalue weighted by Gasteiger charge is 2.12. The number of piperazine rings is 1. The Morgan fingerprint density at radius 1 is 1.12 bits per heavy atom. The predicted octanol–water partition coefficient (Wildman–Crippen LogP) is 3.32. The molecule has 4 heterocycles. The molecule has 1 aromatic carbocycles. The zero-order chi connectivity index (χ0) is 21.9. The number of aromatic amines is 1. The molecule has 3 N–H and O–H groups in total. The van der Waals surface area contributed by atoms with Crippen LogP contribution in [0, 0.1) is 5.82 Å². The summed E-state index contributed by atoms with van der Waals surface area (Å²) in [6.45, 7) is 5.02. The number of imidazole rings is 1. The van der Waals surface area contributed by atoms with Crippen LogP contribution in [0.25, 0.3) is 22.2 Å². The predicted molar refractivity (Wildman–Crippen MR) is 122 cm³/mol. The van der Waals surface area contributed by atoms with Crippen molar-refractivity contribution in [3.05, 3.63) is 60.2 Å². The van der Waals surface area contributed by atoms with Gasteiger partial charge >= 0.3 is 0 Å². The fraction of sp³-hybridized carbons (Fsp3) is 0.261. The van der Waals surface area contributed by atoms with E-state index in [1.54, 1.807) is 12.3 Å². The monoisotopic (exact) mass is 433 g/mol. The Morgan fingerprint density at radius 3 is 2.84 bits per heavy atom. The Labute approximate surface area is 184 Å². The third kappa shape index (κ3) is 4.39. The van der Waals surface area contributed by atoms with Gasteiger partial charge in [0.1, 0.15) is 11.6 Å². The van der Waals surface area contributed by atoms with Gasteiger partial charge in [-0.1, -0.05) is 6.07 Å². The molecule has 1 saturated heterocycles. The fourth-order valence-electron chi connectivity index (χ4n) is 3.88. The lowest BCUT2D eigenvalue weighted by molar-refractivity contribution is 0.233. The van der Waals surface area contributed by atoms with E-state index in [9.17, 15) is 4.39 Å². The zero-order valence-electron chi connectivity index (χ0n) is 17.7. The number of aromatic nitrogens is 4. The van der Waals surface area contributed by atoms with Crippen LogP contribution in [0.15, 0.2) is 48.8 Å². The van der Waals surface area contributed by atoms with Gasteiger partial charge in [-0.25, -0.2) is 19.3 Å². The van der Waals surface area contributed by atoms with Crippen molar-refractivity contribution < 1.29 is 9.13 Å². The molecule has 3 aromatic heterocycles. The maximum absolute atomic E-state index is 14.3. The van der Waals surface area contributed by atoms with Gasteiger partial charge in [-0.15, -0.1) is 0 Å².